The molecule has 0 aromatic heterocycles. The smallest absolute Gasteiger partial charge is 0.149 e. The molecule has 1 saturated heterocycles. The summed E-state index contributed by atoms with van der Waals surface area (Å²) in [5, 5.41) is 18.1. The molecule has 2 N–H and O–H groups in total. The number of carbonyl (C=O) groups is 1. The van der Waals surface area contributed by atoms with E-state index in [1.54, 1.807) is 0 Å². The van der Waals surface area contributed by atoms with Gasteiger partial charge >= 0.3 is 0 Å². The summed E-state index contributed by atoms with van der Waals surface area (Å²) in [6.45, 7) is 6.21. The summed E-state index contributed by atoms with van der Waals surface area (Å²) in [6, 6.07) is -0.360. The van der Waals surface area contributed by atoms with Gasteiger partial charge in [0, 0.05) is 6.04 Å². The first-order chi connectivity index (χ1) is 7.20. The van der Waals surface area contributed by atoms with Crippen LogP contribution in [0.5, 0.6) is 0 Å². The fraction of sp³-hybridized carbons (Fsp3) is 0.909. The molecule has 0 amide bonds. The summed E-state index contributed by atoms with van der Waals surface area (Å²) in [5.74, 6) is -0.0251. The Morgan fingerprint density at radius 2 is 2.07 bits per heavy atom. The summed E-state index contributed by atoms with van der Waals surface area (Å²) in [6.07, 6.45) is 1.91. The number of ketones is 1. The van der Waals surface area contributed by atoms with Crippen molar-refractivity contribution in [3.05, 3.63) is 0 Å². The number of hydrogen-bond acceptors (Lipinski definition) is 4. The van der Waals surface area contributed by atoms with Gasteiger partial charge in [0.2, 0.25) is 0 Å². The van der Waals surface area contributed by atoms with Crippen LogP contribution >= 0.6 is 0 Å². The van der Waals surface area contributed by atoms with Gasteiger partial charge in [-0.25, -0.2) is 0 Å². The third-order valence-corrected chi connectivity index (χ3v) is 2.68. The highest BCUT2D eigenvalue weighted by Gasteiger charge is 2.31. The molecule has 0 aromatic rings. The molecule has 1 unspecified atom stereocenters. The maximum absolute atomic E-state index is 11.1. The zero-order valence-corrected chi connectivity index (χ0v) is 9.94. The number of likely N-dealkylation sites (tertiary alicyclic amines) is 1. The second kappa shape index (κ2) is 7.79. The first-order valence-electron chi connectivity index (χ1n) is 5.68. The average molecular weight is 217 g/mol. The van der Waals surface area contributed by atoms with Crippen molar-refractivity contribution >= 4 is 5.78 Å². The van der Waals surface area contributed by atoms with Gasteiger partial charge in [0.05, 0.1) is 19.3 Å². The molecule has 0 spiro atoms. The van der Waals surface area contributed by atoms with Crippen molar-refractivity contribution in [2.24, 2.45) is 0 Å². The van der Waals surface area contributed by atoms with Crippen LogP contribution in [0.1, 0.15) is 33.6 Å². The Bertz CT molecular complexity index is 185. The van der Waals surface area contributed by atoms with Crippen molar-refractivity contribution in [2.45, 2.75) is 45.7 Å². The average Bonchev–Trinajstić information content (AvgIpc) is 2.69. The quantitative estimate of drug-likeness (QED) is 0.716. The fourth-order valence-corrected chi connectivity index (χ4v) is 1.93. The number of nitrogens with zero attached hydrogens (tertiary/aromatic N) is 1. The first-order valence-corrected chi connectivity index (χ1v) is 5.68. The summed E-state index contributed by atoms with van der Waals surface area (Å²) in [5.41, 5.74) is 0. The van der Waals surface area contributed by atoms with E-state index in [-0.39, 0.29) is 25.0 Å². The zero-order chi connectivity index (χ0) is 11.8. The monoisotopic (exact) mass is 217 g/mol. The van der Waals surface area contributed by atoms with E-state index in [4.69, 9.17) is 10.2 Å². The van der Waals surface area contributed by atoms with Gasteiger partial charge in [0.1, 0.15) is 5.78 Å². The Morgan fingerprint density at radius 1 is 1.47 bits per heavy atom. The molecular formula is C11H23NO3. The number of hydrogen-bond donors (Lipinski definition) is 2. The zero-order valence-electron chi connectivity index (χ0n) is 9.94. The van der Waals surface area contributed by atoms with E-state index < -0.39 is 6.04 Å². The predicted molar refractivity (Wildman–Crippen MR) is 59.7 cm³/mol. The molecule has 1 aliphatic rings. The van der Waals surface area contributed by atoms with E-state index in [0.29, 0.717) is 0 Å². The second-order valence-electron chi connectivity index (χ2n) is 3.53. The number of carbonyl (C=O) groups excluding carboxylic acids is 1. The van der Waals surface area contributed by atoms with E-state index in [1.165, 1.54) is 6.92 Å². The van der Waals surface area contributed by atoms with Crippen molar-refractivity contribution in [2.75, 3.05) is 19.8 Å². The van der Waals surface area contributed by atoms with Crippen LogP contribution in [0.25, 0.3) is 0 Å². The minimum Gasteiger partial charge on any atom is -0.395 e. The normalized spacial score (nSPS) is 23.1. The Balaban J connectivity index is 0.000000921. The SMILES string of the molecule is CC.CC(=O)[C@H](CO)N1CCCC1CO. The molecule has 15 heavy (non-hydrogen) atoms. The summed E-state index contributed by atoms with van der Waals surface area (Å²) < 4.78 is 0. The number of aliphatic hydroxyl groups excluding tert-OH is 2. The van der Waals surface area contributed by atoms with Gasteiger partial charge in [-0.1, -0.05) is 13.8 Å². The lowest BCUT2D eigenvalue weighted by atomic mass is 10.1. The molecule has 90 valence electrons. The van der Waals surface area contributed by atoms with E-state index in [0.717, 1.165) is 19.4 Å². The molecule has 4 heteroatoms. The third-order valence-electron chi connectivity index (χ3n) is 2.68. The maximum atomic E-state index is 11.1. The Hall–Kier alpha value is -0.450. The van der Waals surface area contributed by atoms with Crippen LogP contribution in [-0.4, -0.2) is 52.7 Å². The van der Waals surface area contributed by atoms with Crippen LogP contribution in [-0.2, 0) is 4.79 Å². The van der Waals surface area contributed by atoms with Crippen molar-refractivity contribution in [3.8, 4) is 0 Å². The topological polar surface area (TPSA) is 60.8 Å². The van der Waals surface area contributed by atoms with Crippen LogP contribution in [0.2, 0.25) is 0 Å². The summed E-state index contributed by atoms with van der Waals surface area (Å²) >= 11 is 0. The molecule has 0 saturated carbocycles. The lowest BCUT2D eigenvalue weighted by Gasteiger charge is -2.28. The van der Waals surface area contributed by atoms with E-state index in [1.807, 2.05) is 18.7 Å². The summed E-state index contributed by atoms with van der Waals surface area (Å²) in [4.78, 5) is 13.0. The molecule has 0 radical (unpaired) electrons. The molecule has 1 fully saturated rings. The highest BCUT2D eigenvalue weighted by molar-refractivity contribution is 5.81. The van der Waals surface area contributed by atoms with Gasteiger partial charge in [-0.3, -0.25) is 9.69 Å². The molecule has 0 aliphatic carbocycles. The molecule has 2 atom stereocenters. The molecule has 4 nitrogen and oxygen atoms in total. The van der Waals surface area contributed by atoms with Gasteiger partial charge in [-0.2, -0.15) is 0 Å². The standard InChI is InChI=1S/C9H17NO3.C2H6/c1-7(13)9(6-12)10-4-2-3-8(10)5-11;1-2/h8-9,11-12H,2-6H2,1H3;1-2H3/t8?,9-;/m0./s1. The maximum Gasteiger partial charge on any atom is 0.149 e. The Labute approximate surface area is 91.9 Å². The van der Waals surface area contributed by atoms with Crippen LogP contribution in [0.4, 0.5) is 0 Å². The highest BCUT2D eigenvalue weighted by atomic mass is 16.3. The number of Topliss-reactive ketones (excluding diaryl/α,β-unsaturated/α-hetero) is 1. The van der Waals surface area contributed by atoms with Crippen LogP contribution in [0.3, 0.4) is 0 Å². The number of rotatable bonds is 4. The van der Waals surface area contributed by atoms with Gasteiger partial charge in [-0.05, 0) is 26.3 Å². The molecule has 0 bridgehead atoms. The number of aliphatic hydroxyl groups is 2. The van der Waals surface area contributed by atoms with Crippen LogP contribution < -0.4 is 0 Å². The van der Waals surface area contributed by atoms with Crippen molar-refractivity contribution < 1.29 is 15.0 Å². The fourth-order valence-electron chi connectivity index (χ4n) is 1.93. The van der Waals surface area contributed by atoms with Gasteiger partial charge < -0.3 is 10.2 Å². The summed E-state index contributed by atoms with van der Waals surface area (Å²) in [7, 11) is 0. The highest BCUT2D eigenvalue weighted by Crippen LogP contribution is 2.19. The molecule has 0 aromatic carbocycles. The predicted octanol–water partition coefficient (Wildman–Crippen LogP) is 0.419. The van der Waals surface area contributed by atoms with Crippen LogP contribution in [0, 0.1) is 0 Å². The molecular weight excluding hydrogens is 194 g/mol. The van der Waals surface area contributed by atoms with E-state index in [9.17, 15) is 4.79 Å². The minimum absolute atomic E-state index is 0.0251. The largest absolute Gasteiger partial charge is 0.395 e. The van der Waals surface area contributed by atoms with Crippen molar-refractivity contribution in [3.63, 3.8) is 0 Å². The van der Waals surface area contributed by atoms with E-state index >= 15 is 0 Å². The molecule has 1 heterocycles. The van der Waals surface area contributed by atoms with E-state index in [2.05, 4.69) is 0 Å². The van der Waals surface area contributed by atoms with Crippen molar-refractivity contribution in [1.29, 1.82) is 0 Å². The lowest BCUT2D eigenvalue weighted by molar-refractivity contribution is -0.124. The van der Waals surface area contributed by atoms with Gasteiger partial charge in [-0.15, -0.1) is 0 Å². The minimum atomic E-state index is -0.417. The molecule has 1 rings (SSSR count). The van der Waals surface area contributed by atoms with Crippen molar-refractivity contribution in [1.82, 2.24) is 4.90 Å². The van der Waals surface area contributed by atoms with Gasteiger partial charge in [0.25, 0.3) is 0 Å². The Morgan fingerprint density at radius 3 is 2.47 bits per heavy atom. The third kappa shape index (κ3) is 3.89. The second-order valence-corrected chi connectivity index (χ2v) is 3.53. The first kappa shape index (κ1) is 14.6. The van der Waals surface area contributed by atoms with Gasteiger partial charge in [0.15, 0.2) is 0 Å². The van der Waals surface area contributed by atoms with Crippen LogP contribution in [0.15, 0.2) is 0 Å². The Kier molecular flexibility index (Phi) is 7.56. The molecule has 1 aliphatic heterocycles. The lowest BCUT2D eigenvalue weighted by Crippen LogP contribution is -2.46.